The molecule has 1 aliphatic carbocycles. The Labute approximate surface area is 87.5 Å². The van der Waals surface area contributed by atoms with E-state index in [2.05, 4.69) is 0 Å². The van der Waals surface area contributed by atoms with Crippen molar-refractivity contribution in [2.75, 3.05) is 6.26 Å². The number of aliphatic hydroxyl groups is 1. The average Bonchev–Trinajstić information content (AvgIpc) is 2.82. The Morgan fingerprint density at radius 3 is 2.40 bits per heavy atom. The van der Waals surface area contributed by atoms with Gasteiger partial charge in [-0.3, -0.25) is 0 Å². The maximum atomic E-state index is 13.5. The van der Waals surface area contributed by atoms with E-state index >= 15 is 0 Å². The van der Waals surface area contributed by atoms with Crippen LogP contribution in [0.4, 0.5) is 4.39 Å². The Morgan fingerprint density at radius 1 is 1.40 bits per heavy atom. The Hall–Kier alpha value is -0.940. The van der Waals surface area contributed by atoms with Crippen molar-refractivity contribution in [2.24, 2.45) is 0 Å². The Bertz CT molecular complexity index is 503. The molecule has 0 unspecified atom stereocenters. The molecule has 0 bridgehead atoms. The summed E-state index contributed by atoms with van der Waals surface area (Å²) >= 11 is 0. The van der Waals surface area contributed by atoms with Gasteiger partial charge in [0.05, 0.1) is 10.5 Å². The molecule has 5 heteroatoms. The molecule has 82 valence electrons. The summed E-state index contributed by atoms with van der Waals surface area (Å²) in [6.07, 6.45) is 2.08. The first-order chi connectivity index (χ1) is 6.83. The highest BCUT2D eigenvalue weighted by Crippen LogP contribution is 2.46. The van der Waals surface area contributed by atoms with Gasteiger partial charge in [-0.05, 0) is 25.0 Å². The molecule has 0 saturated heterocycles. The first-order valence-corrected chi connectivity index (χ1v) is 6.44. The average molecular weight is 230 g/mol. The molecule has 0 amide bonds. The lowest BCUT2D eigenvalue weighted by Crippen LogP contribution is -2.08. The van der Waals surface area contributed by atoms with Gasteiger partial charge in [0.1, 0.15) is 5.82 Å². The minimum absolute atomic E-state index is 0.0620. The molecule has 0 heterocycles. The number of benzene rings is 1. The molecule has 0 aromatic heterocycles. The van der Waals surface area contributed by atoms with Gasteiger partial charge in [-0.1, -0.05) is 6.07 Å². The molecule has 1 saturated carbocycles. The van der Waals surface area contributed by atoms with E-state index in [1.165, 1.54) is 12.1 Å². The summed E-state index contributed by atoms with van der Waals surface area (Å²) in [6, 6.07) is 3.63. The van der Waals surface area contributed by atoms with Crippen molar-refractivity contribution in [3.8, 4) is 0 Å². The second-order valence-corrected chi connectivity index (χ2v) is 5.96. The zero-order valence-corrected chi connectivity index (χ0v) is 9.01. The lowest BCUT2D eigenvalue weighted by atomic mass is 10.1. The summed E-state index contributed by atoms with van der Waals surface area (Å²) in [5.74, 6) is -0.655. The van der Waals surface area contributed by atoms with E-state index in [1.54, 1.807) is 0 Å². The molecule has 0 spiro atoms. The topological polar surface area (TPSA) is 54.4 Å². The molecule has 0 atom stereocenters. The molecule has 1 fully saturated rings. The third-order valence-electron chi connectivity index (χ3n) is 2.59. The van der Waals surface area contributed by atoms with E-state index in [9.17, 15) is 17.9 Å². The number of hydrogen-bond acceptors (Lipinski definition) is 3. The normalized spacial score (nSPS) is 18.9. The van der Waals surface area contributed by atoms with Gasteiger partial charge in [0, 0.05) is 11.8 Å². The molecule has 1 N–H and O–H groups in total. The van der Waals surface area contributed by atoms with Crippen LogP contribution in [0.25, 0.3) is 0 Å². The van der Waals surface area contributed by atoms with E-state index in [1.807, 2.05) is 0 Å². The highest BCUT2D eigenvalue weighted by Gasteiger charge is 2.44. The summed E-state index contributed by atoms with van der Waals surface area (Å²) in [6.45, 7) is 0. The van der Waals surface area contributed by atoms with Crippen molar-refractivity contribution in [2.45, 2.75) is 23.3 Å². The van der Waals surface area contributed by atoms with Gasteiger partial charge in [-0.15, -0.1) is 0 Å². The predicted molar refractivity (Wildman–Crippen MR) is 52.6 cm³/mol. The minimum atomic E-state index is -3.39. The molecule has 0 radical (unpaired) electrons. The van der Waals surface area contributed by atoms with Crippen molar-refractivity contribution in [1.29, 1.82) is 0 Å². The van der Waals surface area contributed by atoms with Crippen molar-refractivity contribution < 1.29 is 17.9 Å². The summed E-state index contributed by atoms with van der Waals surface area (Å²) in [7, 11) is -3.39. The maximum Gasteiger partial charge on any atom is 0.175 e. The lowest BCUT2D eigenvalue weighted by molar-refractivity contribution is 0.146. The lowest BCUT2D eigenvalue weighted by Gasteiger charge is -2.09. The Kier molecular flexibility index (Phi) is 2.13. The van der Waals surface area contributed by atoms with Gasteiger partial charge < -0.3 is 5.11 Å². The molecule has 1 aromatic carbocycles. The molecule has 3 nitrogen and oxygen atoms in total. The first kappa shape index (κ1) is 10.6. The third kappa shape index (κ3) is 1.89. The van der Waals surface area contributed by atoms with Crippen molar-refractivity contribution in [3.63, 3.8) is 0 Å². The van der Waals surface area contributed by atoms with E-state index < -0.39 is 21.3 Å². The van der Waals surface area contributed by atoms with Gasteiger partial charge in [0.2, 0.25) is 0 Å². The Balaban J connectivity index is 2.49. The number of sulfone groups is 1. The van der Waals surface area contributed by atoms with Crippen LogP contribution in [0.5, 0.6) is 0 Å². The van der Waals surface area contributed by atoms with Crippen LogP contribution in [-0.2, 0) is 15.4 Å². The third-order valence-corrected chi connectivity index (χ3v) is 3.70. The van der Waals surface area contributed by atoms with E-state index in [-0.39, 0.29) is 10.5 Å². The largest absolute Gasteiger partial charge is 0.385 e. The number of rotatable bonds is 2. The summed E-state index contributed by atoms with van der Waals surface area (Å²) in [4.78, 5) is -0.0620. The molecule has 1 aliphatic rings. The quantitative estimate of drug-likeness (QED) is 0.830. The minimum Gasteiger partial charge on any atom is -0.385 e. The van der Waals surface area contributed by atoms with Crippen LogP contribution in [0.3, 0.4) is 0 Å². The van der Waals surface area contributed by atoms with Crippen LogP contribution >= 0.6 is 0 Å². The van der Waals surface area contributed by atoms with E-state index in [4.69, 9.17) is 0 Å². The van der Waals surface area contributed by atoms with Gasteiger partial charge in [0.15, 0.2) is 9.84 Å². The second kappa shape index (κ2) is 3.02. The van der Waals surface area contributed by atoms with E-state index in [0.29, 0.717) is 12.8 Å². The van der Waals surface area contributed by atoms with Gasteiger partial charge >= 0.3 is 0 Å². The molecule has 2 rings (SSSR count). The van der Waals surface area contributed by atoms with E-state index in [0.717, 1.165) is 12.3 Å². The van der Waals surface area contributed by atoms with Crippen LogP contribution in [0.1, 0.15) is 18.4 Å². The fraction of sp³-hybridized carbons (Fsp3) is 0.400. The van der Waals surface area contributed by atoms with Crippen LogP contribution in [0.15, 0.2) is 23.1 Å². The summed E-state index contributed by atoms with van der Waals surface area (Å²) in [5, 5.41) is 9.69. The molecular weight excluding hydrogens is 219 g/mol. The maximum absolute atomic E-state index is 13.5. The van der Waals surface area contributed by atoms with Crippen molar-refractivity contribution in [1.82, 2.24) is 0 Å². The van der Waals surface area contributed by atoms with Crippen LogP contribution in [0.2, 0.25) is 0 Å². The predicted octanol–water partition coefficient (Wildman–Crippen LogP) is 1.21. The van der Waals surface area contributed by atoms with Crippen LogP contribution < -0.4 is 0 Å². The van der Waals surface area contributed by atoms with Crippen molar-refractivity contribution in [3.05, 3.63) is 29.6 Å². The van der Waals surface area contributed by atoms with Gasteiger partial charge in [0.25, 0.3) is 0 Å². The first-order valence-electron chi connectivity index (χ1n) is 4.55. The fourth-order valence-electron chi connectivity index (χ4n) is 1.49. The number of hydrogen-bond donors (Lipinski definition) is 1. The SMILES string of the molecule is CS(=O)(=O)c1ccc(C2(O)CC2)c(F)c1. The summed E-state index contributed by atoms with van der Waals surface area (Å²) < 4.78 is 35.8. The monoisotopic (exact) mass is 230 g/mol. The van der Waals surface area contributed by atoms with Gasteiger partial charge in [-0.2, -0.15) is 0 Å². The molecule has 0 aliphatic heterocycles. The van der Waals surface area contributed by atoms with Crippen LogP contribution in [-0.4, -0.2) is 19.8 Å². The zero-order valence-electron chi connectivity index (χ0n) is 8.20. The zero-order chi connectivity index (χ0) is 11.3. The smallest absolute Gasteiger partial charge is 0.175 e. The Morgan fingerprint density at radius 2 is 2.00 bits per heavy atom. The van der Waals surface area contributed by atoms with Crippen LogP contribution in [0, 0.1) is 5.82 Å². The highest BCUT2D eigenvalue weighted by molar-refractivity contribution is 7.90. The fourth-order valence-corrected chi connectivity index (χ4v) is 2.12. The van der Waals surface area contributed by atoms with Crippen molar-refractivity contribution >= 4 is 9.84 Å². The standard InChI is InChI=1S/C10H11FO3S/c1-15(13,14)7-2-3-8(9(11)6-7)10(12)4-5-10/h2-3,6,12H,4-5H2,1H3. The summed E-state index contributed by atoms with van der Waals surface area (Å²) in [5.41, 5.74) is -0.880. The number of halogens is 1. The van der Waals surface area contributed by atoms with Gasteiger partial charge in [-0.25, -0.2) is 12.8 Å². The highest BCUT2D eigenvalue weighted by atomic mass is 32.2. The molecule has 1 aromatic rings. The second-order valence-electron chi connectivity index (χ2n) is 3.95. The molecule has 15 heavy (non-hydrogen) atoms. The molecular formula is C10H11FO3S.